The van der Waals surface area contributed by atoms with Gasteiger partial charge in [0.05, 0.1) is 17.7 Å². The molecule has 0 heterocycles. The molecule has 0 radical (unpaired) electrons. The van der Waals surface area contributed by atoms with Crippen LogP contribution >= 0.6 is 0 Å². The van der Waals surface area contributed by atoms with Gasteiger partial charge in [-0.1, -0.05) is 35.9 Å². The molecule has 0 aliphatic rings. The molecule has 0 fully saturated rings. The van der Waals surface area contributed by atoms with Crippen LogP contribution in [0.3, 0.4) is 0 Å². The van der Waals surface area contributed by atoms with Crippen molar-refractivity contribution < 1.29 is 9.53 Å². The molecule has 2 aromatic rings. The molecule has 0 aliphatic heterocycles. The summed E-state index contributed by atoms with van der Waals surface area (Å²) in [7, 11) is 0. The fraction of sp³-hybridized carbons (Fsp3) is 0.350. The number of amides is 1. The molecule has 0 aromatic heterocycles. The monoisotopic (exact) mass is 311 g/mol. The van der Waals surface area contributed by atoms with Crippen molar-refractivity contribution in [2.24, 2.45) is 0 Å². The quantitative estimate of drug-likeness (QED) is 0.877. The van der Waals surface area contributed by atoms with Gasteiger partial charge in [-0.05, 0) is 57.9 Å². The third-order valence-electron chi connectivity index (χ3n) is 3.74. The van der Waals surface area contributed by atoms with Gasteiger partial charge < -0.3 is 10.1 Å². The molecule has 2 rings (SSSR count). The van der Waals surface area contributed by atoms with Crippen LogP contribution in [-0.2, 0) is 0 Å². The maximum Gasteiger partial charge on any atom is 0.255 e. The Hall–Kier alpha value is -2.29. The van der Waals surface area contributed by atoms with Crippen LogP contribution in [0, 0.1) is 13.8 Å². The van der Waals surface area contributed by atoms with Crippen molar-refractivity contribution in [3.05, 3.63) is 64.7 Å². The second kappa shape index (κ2) is 7.32. The van der Waals surface area contributed by atoms with Gasteiger partial charge in [-0.3, -0.25) is 4.79 Å². The maximum absolute atomic E-state index is 12.6. The van der Waals surface area contributed by atoms with Crippen LogP contribution in [0.2, 0.25) is 0 Å². The van der Waals surface area contributed by atoms with Crippen molar-refractivity contribution in [3.63, 3.8) is 0 Å². The molecule has 3 nitrogen and oxygen atoms in total. The highest BCUT2D eigenvalue weighted by Gasteiger charge is 2.17. The van der Waals surface area contributed by atoms with Crippen molar-refractivity contribution in [1.82, 2.24) is 5.32 Å². The fourth-order valence-electron chi connectivity index (χ4n) is 2.59. The first-order valence-corrected chi connectivity index (χ1v) is 8.02. The van der Waals surface area contributed by atoms with Crippen molar-refractivity contribution in [3.8, 4) is 5.75 Å². The smallest absolute Gasteiger partial charge is 0.255 e. The first-order chi connectivity index (χ1) is 10.9. The molecule has 3 heteroatoms. The van der Waals surface area contributed by atoms with Crippen LogP contribution in [0.25, 0.3) is 0 Å². The molecule has 0 bridgehead atoms. The van der Waals surface area contributed by atoms with Crippen molar-refractivity contribution in [2.75, 3.05) is 0 Å². The van der Waals surface area contributed by atoms with E-state index in [-0.39, 0.29) is 18.1 Å². The Balaban J connectivity index is 2.20. The lowest BCUT2D eigenvalue weighted by molar-refractivity contribution is 0.0934. The third kappa shape index (κ3) is 4.35. The minimum Gasteiger partial charge on any atom is -0.490 e. The molecule has 1 N–H and O–H groups in total. The number of carbonyl (C=O) groups is 1. The number of carbonyl (C=O) groups excluding carboxylic acids is 1. The van der Waals surface area contributed by atoms with Gasteiger partial charge in [-0.2, -0.15) is 0 Å². The summed E-state index contributed by atoms with van der Waals surface area (Å²) in [6.07, 6.45) is 0.0281. The van der Waals surface area contributed by atoms with Gasteiger partial charge in [0.25, 0.3) is 5.91 Å². The maximum atomic E-state index is 12.6. The second-order valence-electron chi connectivity index (χ2n) is 6.22. The summed E-state index contributed by atoms with van der Waals surface area (Å²) in [5.74, 6) is 0.503. The highest BCUT2D eigenvalue weighted by molar-refractivity contribution is 5.97. The first-order valence-electron chi connectivity index (χ1n) is 8.02. The van der Waals surface area contributed by atoms with E-state index in [4.69, 9.17) is 4.74 Å². The van der Waals surface area contributed by atoms with Crippen LogP contribution in [-0.4, -0.2) is 12.0 Å². The average molecular weight is 311 g/mol. The summed E-state index contributed by atoms with van der Waals surface area (Å²) in [5, 5.41) is 3.08. The zero-order valence-corrected chi connectivity index (χ0v) is 14.5. The van der Waals surface area contributed by atoms with Crippen LogP contribution in [0.5, 0.6) is 5.75 Å². The third-order valence-corrected chi connectivity index (χ3v) is 3.74. The van der Waals surface area contributed by atoms with E-state index in [1.54, 1.807) is 6.07 Å². The number of aryl methyl sites for hydroxylation is 2. The van der Waals surface area contributed by atoms with Gasteiger partial charge in [0, 0.05) is 0 Å². The predicted octanol–water partition coefficient (Wildman–Crippen LogP) is 4.58. The van der Waals surface area contributed by atoms with E-state index in [1.807, 2.05) is 39.0 Å². The summed E-state index contributed by atoms with van der Waals surface area (Å²) < 4.78 is 5.74. The number of benzene rings is 2. The van der Waals surface area contributed by atoms with E-state index >= 15 is 0 Å². The Morgan fingerprint density at radius 2 is 1.74 bits per heavy atom. The lowest BCUT2D eigenvalue weighted by Crippen LogP contribution is -2.28. The molecule has 2 aromatic carbocycles. The summed E-state index contributed by atoms with van der Waals surface area (Å²) in [4.78, 5) is 12.6. The van der Waals surface area contributed by atoms with Gasteiger partial charge >= 0.3 is 0 Å². The average Bonchev–Trinajstić information content (AvgIpc) is 2.49. The molecular weight excluding hydrogens is 286 g/mol. The lowest BCUT2D eigenvalue weighted by Gasteiger charge is -2.19. The van der Waals surface area contributed by atoms with Gasteiger partial charge in [0.15, 0.2) is 0 Å². The molecule has 0 unspecified atom stereocenters. The Morgan fingerprint density at radius 3 is 2.43 bits per heavy atom. The zero-order chi connectivity index (χ0) is 17.0. The minimum atomic E-state index is -0.116. The number of para-hydroxylation sites is 1. The molecule has 23 heavy (non-hydrogen) atoms. The van der Waals surface area contributed by atoms with E-state index in [0.717, 1.165) is 5.56 Å². The summed E-state index contributed by atoms with van der Waals surface area (Å²) in [6, 6.07) is 13.6. The molecule has 0 aliphatic carbocycles. The predicted molar refractivity (Wildman–Crippen MR) is 94.0 cm³/mol. The molecule has 0 saturated heterocycles. The van der Waals surface area contributed by atoms with E-state index in [2.05, 4.69) is 37.4 Å². The van der Waals surface area contributed by atoms with E-state index in [9.17, 15) is 4.79 Å². The van der Waals surface area contributed by atoms with Gasteiger partial charge in [0.1, 0.15) is 5.75 Å². The number of ether oxygens (including phenoxy) is 1. The Kier molecular flexibility index (Phi) is 5.43. The Morgan fingerprint density at radius 1 is 1.04 bits per heavy atom. The number of hydrogen-bond donors (Lipinski definition) is 1. The van der Waals surface area contributed by atoms with E-state index in [1.165, 1.54) is 11.1 Å². The largest absolute Gasteiger partial charge is 0.490 e. The van der Waals surface area contributed by atoms with Gasteiger partial charge in [-0.25, -0.2) is 0 Å². The Bertz CT molecular complexity index is 692. The van der Waals surface area contributed by atoms with Crippen molar-refractivity contribution >= 4 is 5.91 Å². The number of hydrogen-bond acceptors (Lipinski definition) is 2. The number of nitrogens with one attached hydrogen (secondary N) is 1. The highest BCUT2D eigenvalue weighted by Crippen LogP contribution is 2.22. The normalized spacial score (nSPS) is 12.1. The summed E-state index contributed by atoms with van der Waals surface area (Å²) >= 11 is 0. The Labute approximate surface area is 138 Å². The topological polar surface area (TPSA) is 38.3 Å². The molecule has 122 valence electrons. The summed E-state index contributed by atoms with van der Waals surface area (Å²) in [6.45, 7) is 10.0. The fourth-order valence-corrected chi connectivity index (χ4v) is 2.59. The molecule has 0 saturated carbocycles. The van der Waals surface area contributed by atoms with Gasteiger partial charge in [0.2, 0.25) is 0 Å². The molecule has 0 spiro atoms. The second-order valence-corrected chi connectivity index (χ2v) is 6.22. The minimum absolute atomic E-state index is 0.0281. The SMILES string of the molecule is Cc1ccc(C)c([C@H](C)NC(=O)c2ccccc2OC(C)C)c1. The van der Waals surface area contributed by atoms with Crippen LogP contribution < -0.4 is 10.1 Å². The van der Waals surface area contributed by atoms with Crippen molar-refractivity contribution in [2.45, 2.75) is 46.8 Å². The van der Waals surface area contributed by atoms with Gasteiger partial charge in [-0.15, -0.1) is 0 Å². The molecular formula is C20H25NO2. The van der Waals surface area contributed by atoms with E-state index in [0.29, 0.717) is 11.3 Å². The lowest BCUT2D eigenvalue weighted by atomic mass is 9.99. The van der Waals surface area contributed by atoms with E-state index < -0.39 is 0 Å². The zero-order valence-electron chi connectivity index (χ0n) is 14.5. The first kappa shape index (κ1) is 17.1. The number of rotatable bonds is 5. The van der Waals surface area contributed by atoms with Crippen LogP contribution in [0.15, 0.2) is 42.5 Å². The molecule has 1 atom stereocenters. The van der Waals surface area contributed by atoms with Crippen molar-refractivity contribution in [1.29, 1.82) is 0 Å². The molecule has 1 amide bonds. The highest BCUT2D eigenvalue weighted by atomic mass is 16.5. The standard InChI is InChI=1S/C20H25NO2/c1-13(2)23-19-9-7-6-8-17(19)20(22)21-16(5)18-12-14(3)10-11-15(18)4/h6-13,16H,1-5H3,(H,21,22)/t16-/m0/s1. The van der Waals surface area contributed by atoms with Crippen LogP contribution in [0.4, 0.5) is 0 Å². The van der Waals surface area contributed by atoms with Crippen LogP contribution in [0.1, 0.15) is 53.9 Å². The summed E-state index contributed by atoms with van der Waals surface area (Å²) in [5.41, 5.74) is 4.07.